The fourth-order valence-corrected chi connectivity index (χ4v) is 2.67. The summed E-state index contributed by atoms with van der Waals surface area (Å²) in [6, 6.07) is 4.35. The average Bonchev–Trinajstić information content (AvgIpc) is 2.40. The first kappa shape index (κ1) is 13.0. The van der Waals surface area contributed by atoms with Crippen molar-refractivity contribution in [1.82, 2.24) is 9.97 Å². The zero-order chi connectivity index (χ0) is 13.0. The van der Waals surface area contributed by atoms with Crippen molar-refractivity contribution in [2.24, 2.45) is 5.92 Å². The fourth-order valence-electron chi connectivity index (χ4n) is 2.67. The second kappa shape index (κ2) is 5.95. The normalized spacial score (nSPS) is 18.6. The van der Waals surface area contributed by atoms with E-state index in [0.717, 1.165) is 5.69 Å². The molecule has 1 saturated carbocycles. The lowest BCUT2D eigenvalue weighted by molar-refractivity contribution is 0.433. The molecule has 1 fully saturated rings. The summed E-state index contributed by atoms with van der Waals surface area (Å²) in [6.45, 7) is 4.09. The van der Waals surface area contributed by atoms with Gasteiger partial charge in [0.2, 0.25) is 0 Å². The van der Waals surface area contributed by atoms with Crippen LogP contribution < -0.4 is 0 Å². The van der Waals surface area contributed by atoms with Crippen LogP contribution in [-0.2, 0) is 0 Å². The fraction of sp³-hybridized carbons (Fsp3) is 0.667. The highest BCUT2D eigenvalue weighted by Gasteiger charge is 2.21. The van der Waals surface area contributed by atoms with Crippen LogP contribution in [0.1, 0.15) is 69.3 Å². The standard InChI is InChI=1S/C15H21N3/c1-11(2)13(10-16)15-17-9-8-14(18-15)12-6-4-3-5-7-12/h8-9,11-13H,3-7H2,1-2H3. The van der Waals surface area contributed by atoms with Crippen LogP contribution in [0, 0.1) is 17.2 Å². The van der Waals surface area contributed by atoms with Crippen molar-refractivity contribution in [2.75, 3.05) is 0 Å². The molecule has 3 heteroatoms. The van der Waals surface area contributed by atoms with Gasteiger partial charge >= 0.3 is 0 Å². The molecule has 0 aliphatic heterocycles. The molecule has 18 heavy (non-hydrogen) atoms. The first-order valence-electron chi connectivity index (χ1n) is 6.95. The van der Waals surface area contributed by atoms with Crippen molar-refractivity contribution in [1.29, 1.82) is 5.26 Å². The molecule has 0 saturated heterocycles. The molecule has 0 N–H and O–H groups in total. The molecule has 1 aliphatic carbocycles. The van der Waals surface area contributed by atoms with Crippen molar-refractivity contribution >= 4 is 0 Å². The summed E-state index contributed by atoms with van der Waals surface area (Å²) >= 11 is 0. The Bertz CT molecular complexity index is 428. The smallest absolute Gasteiger partial charge is 0.145 e. The molecule has 1 aliphatic rings. The van der Waals surface area contributed by atoms with Crippen LogP contribution >= 0.6 is 0 Å². The zero-order valence-electron chi connectivity index (χ0n) is 11.3. The van der Waals surface area contributed by atoms with E-state index in [1.54, 1.807) is 0 Å². The van der Waals surface area contributed by atoms with Crippen LogP contribution in [0.3, 0.4) is 0 Å². The van der Waals surface area contributed by atoms with Gasteiger partial charge in [0.25, 0.3) is 0 Å². The summed E-state index contributed by atoms with van der Waals surface area (Å²) in [6.07, 6.45) is 8.23. The Balaban J connectivity index is 2.21. The van der Waals surface area contributed by atoms with E-state index in [1.807, 2.05) is 26.1 Å². The minimum atomic E-state index is -0.187. The maximum Gasteiger partial charge on any atom is 0.145 e. The predicted molar refractivity (Wildman–Crippen MR) is 71.1 cm³/mol. The van der Waals surface area contributed by atoms with Crippen LogP contribution in [0.4, 0.5) is 0 Å². The number of nitriles is 1. The van der Waals surface area contributed by atoms with Crippen LogP contribution in [-0.4, -0.2) is 9.97 Å². The van der Waals surface area contributed by atoms with Gasteiger partial charge in [-0.15, -0.1) is 0 Å². The van der Waals surface area contributed by atoms with Gasteiger partial charge in [0.15, 0.2) is 0 Å². The highest BCUT2D eigenvalue weighted by molar-refractivity contribution is 5.15. The number of aromatic nitrogens is 2. The van der Waals surface area contributed by atoms with Crippen molar-refractivity contribution in [3.05, 3.63) is 23.8 Å². The Morgan fingerprint density at radius 1 is 1.28 bits per heavy atom. The average molecular weight is 243 g/mol. The Morgan fingerprint density at radius 3 is 2.61 bits per heavy atom. The summed E-state index contributed by atoms with van der Waals surface area (Å²) in [5.41, 5.74) is 1.14. The minimum Gasteiger partial charge on any atom is -0.240 e. The molecule has 1 heterocycles. The van der Waals surface area contributed by atoms with Gasteiger partial charge in [0, 0.05) is 17.8 Å². The second-order valence-corrected chi connectivity index (χ2v) is 5.53. The third-order valence-corrected chi connectivity index (χ3v) is 3.80. The van der Waals surface area contributed by atoms with Crippen LogP contribution in [0.2, 0.25) is 0 Å². The van der Waals surface area contributed by atoms with E-state index >= 15 is 0 Å². The molecule has 0 spiro atoms. The number of rotatable bonds is 3. The molecule has 1 unspecified atom stereocenters. The summed E-state index contributed by atoms with van der Waals surface area (Å²) in [7, 11) is 0. The quantitative estimate of drug-likeness (QED) is 0.811. The van der Waals surface area contributed by atoms with Crippen molar-refractivity contribution in [3.63, 3.8) is 0 Å². The second-order valence-electron chi connectivity index (χ2n) is 5.53. The van der Waals surface area contributed by atoms with Crippen molar-refractivity contribution in [2.45, 2.75) is 57.8 Å². The SMILES string of the molecule is CC(C)C(C#N)c1nccc(C2CCCCC2)n1. The third-order valence-electron chi connectivity index (χ3n) is 3.80. The van der Waals surface area contributed by atoms with Crippen LogP contribution in [0.5, 0.6) is 0 Å². The largest absolute Gasteiger partial charge is 0.240 e. The van der Waals surface area contributed by atoms with E-state index < -0.39 is 0 Å². The number of nitrogens with zero attached hydrogens (tertiary/aromatic N) is 3. The Hall–Kier alpha value is -1.43. The molecule has 1 aromatic heterocycles. The highest BCUT2D eigenvalue weighted by atomic mass is 14.9. The Kier molecular flexibility index (Phi) is 4.30. The van der Waals surface area contributed by atoms with Gasteiger partial charge in [0.1, 0.15) is 11.7 Å². The molecule has 3 nitrogen and oxygen atoms in total. The van der Waals surface area contributed by atoms with Crippen LogP contribution in [0.15, 0.2) is 12.3 Å². The van der Waals surface area contributed by atoms with E-state index in [4.69, 9.17) is 0 Å². The molecule has 0 aromatic carbocycles. The van der Waals surface area contributed by atoms with Gasteiger partial charge in [-0.1, -0.05) is 33.1 Å². The van der Waals surface area contributed by atoms with E-state index in [0.29, 0.717) is 11.7 Å². The number of hydrogen-bond donors (Lipinski definition) is 0. The van der Waals surface area contributed by atoms with E-state index in [9.17, 15) is 5.26 Å². The van der Waals surface area contributed by atoms with Crippen molar-refractivity contribution in [3.8, 4) is 6.07 Å². The first-order chi connectivity index (χ1) is 8.72. The minimum absolute atomic E-state index is 0.187. The first-order valence-corrected chi connectivity index (χ1v) is 6.95. The Labute approximate surface area is 109 Å². The molecule has 1 atom stereocenters. The summed E-state index contributed by atoms with van der Waals surface area (Å²) in [5, 5.41) is 9.22. The van der Waals surface area contributed by atoms with Gasteiger partial charge < -0.3 is 0 Å². The van der Waals surface area contributed by atoms with E-state index in [1.165, 1.54) is 32.1 Å². The van der Waals surface area contributed by atoms with E-state index in [2.05, 4.69) is 16.0 Å². The molecule has 2 rings (SSSR count). The highest BCUT2D eigenvalue weighted by Crippen LogP contribution is 2.32. The molecule has 0 radical (unpaired) electrons. The lowest BCUT2D eigenvalue weighted by Crippen LogP contribution is -2.13. The van der Waals surface area contributed by atoms with Gasteiger partial charge in [-0.05, 0) is 24.8 Å². The zero-order valence-corrected chi connectivity index (χ0v) is 11.3. The summed E-state index contributed by atoms with van der Waals surface area (Å²) in [5.74, 6) is 1.35. The van der Waals surface area contributed by atoms with Gasteiger partial charge in [-0.25, -0.2) is 9.97 Å². The maximum absolute atomic E-state index is 9.22. The molecule has 96 valence electrons. The van der Waals surface area contributed by atoms with Gasteiger partial charge in [0.05, 0.1) is 6.07 Å². The summed E-state index contributed by atoms with van der Waals surface area (Å²) in [4.78, 5) is 8.95. The lowest BCUT2D eigenvalue weighted by atomic mass is 9.86. The Morgan fingerprint density at radius 2 is 2.00 bits per heavy atom. The van der Waals surface area contributed by atoms with Crippen LogP contribution in [0.25, 0.3) is 0 Å². The molecule has 0 bridgehead atoms. The lowest BCUT2D eigenvalue weighted by Gasteiger charge is -2.22. The van der Waals surface area contributed by atoms with Gasteiger partial charge in [-0.3, -0.25) is 0 Å². The van der Waals surface area contributed by atoms with E-state index in [-0.39, 0.29) is 11.8 Å². The molecule has 1 aromatic rings. The van der Waals surface area contributed by atoms with Crippen molar-refractivity contribution < 1.29 is 0 Å². The molecule has 0 amide bonds. The maximum atomic E-state index is 9.22. The third kappa shape index (κ3) is 2.87. The monoisotopic (exact) mass is 243 g/mol. The molecular formula is C15H21N3. The predicted octanol–water partition coefficient (Wildman–Crippen LogP) is 3.79. The van der Waals surface area contributed by atoms with Gasteiger partial charge in [-0.2, -0.15) is 5.26 Å². The summed E-state index contributed by atoms with van der Waals surface area (Å²) < 4.78 is 0. The molecular weight excluding hydrogens is 222 g/mol. The number of hydrogen-bond acceptors (Lipinski definition) is 3. The topological polar surface area (TPSA) is 49.6 Å².